The Hall–Kier alpha value is -4.77. The minimum Gasteiger partial charge on any atom is -0.480 e. The van der Waals surface area contributed by atoms with Crippen molar-refractivity contribution in [2.75, 3.05) is 32.7 Å². The van der Waals surface area contributed by atoms with Gasteiger partial charge in [0.2, 0.25) is 29.5 Å². The number of aliphatic carboxylic acids is 1. The summed E-state index contributed by atoms with van der Waals surface area (Å²) in [6.07, 6.45) is 4.25. The molecule has 5 amide bonds. The van der Waals surface area contributed by atoms with Gasteiger partial charge >= 0.3 is 5.97 Å². The number of hydrogen-bond acceptors (Lipinski definition) is 9. The van der Waals surface area contributed by atoms with Gasteiger partial charge in [-0.2, -0.15) is 0 Å². The van der Waals surface area contributed by atoms with Crippen LogP contribution in [-0.4, -0.2) is 119 Å². The molecular formula is C33H52N10O7. The Labute approximate surface area is 291 Å². The van der Waals surface area contributed by atoms with E-state index in [-0.39, 0.29) is 38.4 Å². The van der Waals surface area contributed by atoms with Crippen molar-refractivity contribution in [3.05, 3.63) is 35.9 Å². The van der Waals surface area contributed by atoms with Crippen molar-refractivity contribution in [1.82, 2.24) is 25.8 Å². The molecule has 276 valence electrons. The lowest BCUT2D eigenvalue weighted by Crippen LogP contribution is -2.57. The first-order valence-corrected chi connectivity index (χ1v) is 17.2. The number of benzene rings is 1. The third kappa shape index (κ3) is 12.0. The van der Waals surface area contributed by atoms with Crippen molar-refractivity contribution < 1.29 is 33.9 Å². The Morgan fingerprint density at radius 2 is 1.56 bits per heavy atom. The van der Waals surface area contributed by atoms with E-state index >= 15 is 0 Å². The standard InChI is InChI=1S/C33H52N10O7/c34-15-5-4-11-22(35)28(45)41-23(12-6-16-38-33(36)37)30(47)43-18-8-14-26(43)31(48)42-17-7-13-25(42)29(46)39-20-27(44)40-24(32(49)50)19-21-9-2-1-3-10-21/h1-3,9-10,22-26H,4-8,11-20,34-35H2,(H,39,46)(H,40,44)(H,41,45)(H,49,50)(H4,36,37,38). The first-order chi connectivity index (χ1) is 23.9. The first-order valence-electron chi connectivity index (χ1n) is 17.2. The Bertz CT molecular complexity index is 1360. The molecule has 0 saturated carbocycles. The van der Waals surface area contributed by atoms with E-state index in [4.69, 9.17) is 22.9 Å². The summed E-state index contributed by atoms with van der Waals surface area (Å²) < 4.78 is 0. The second kappa shape index (κ2) is 20.0. The van der Waals surface area contributed by atoms with Gasteiger partial charge in [0.05, 0.1) is 12.6 Å². The molecular weight excluding hydrogens is 648 g/mol. The van der Waals surface area contributed by atoms with Crippen LogP contribution in [0.1, 0.15) is 63.4 Å². The topological polar surface area (TPSA) is 282 Å². The maximum Gasteiger partial charge on any atom is 0.326 e. The van der Waals surface area contributed by atoms with E-state index in [2.05, 4.69) is 20.9 Å². The van der Waals surface area contributed by atoms with Gasteiger partial charge in [0, 0.05) is 26.1 Å². The Morgan fingerprint density at radius 1 is 0.880 bits per heavy atom. The molecule has 2 saturated heterocycles. The van der Waals surface area contributed by atoms with Gasteiger partial charge < -0.3 is 53.8 Å². The second-order valence-corrected chi connectivity index (χ2v) is 12.6. The monoisotopic (exact) mass is 700 g/mol. The average molecular weight is 701 g/mol. The number of unbranched alkanes of at least 4 members (excludes halogenated alkanes) is 1. The van der Waals surface area contributed by atoms with Gasteiger partial charge in [-0.3, -0.25) is 29.0 Å². The highest BCUT2D eigenvalue weighted by Crippen LogP contribution is 2.26. The lowest BCUT2D eigenvalue weighted by molar-refractivity contribution is -0.148. The van der Waals surface area contributed by atoms with Crippen molar-refractivity contribution in [3.8, 4) is 0 Å². The van der Waals surface area contributed by atoms with E-state index in [9.17, 15) is 33.9 Å². The number of carboxylic acids is 1. The molecule has 5 unspecified atom stereocenters. The zero-order valence-electron chi connectivity index (χ0n) is 28.4. The molecule has 2 heterocycles. The molecule has 1 aromatic carbocycles. The summed E-state index contributed by atoms with van der Waals surface area (Å²) in [6.45, 7) is 0.813. The summed E-state index contributed by atoms with van der Waals surface area (Å²) in [5.74, 6) is -3.86. The Balaban J connectivity index is 1.63. The zero-order valence-corrected chi connectivity index (χ0v) is 28.4. The number of nitrogens with zero attached hydrogens (tertiary/aromatic N) is 3. The number of carbonyl (C=O) groups excluding carboxylic acids is 5. The fraction of sp³-hybridized carbons (Fsp3) is 0.606. The number of rotatable bonds is 19. The van der Waals surface area contributed by atoms with Gasteiger partial charge in [-0.25, -0.2) is 4.79 Å². The maximum absolute atomic E-state index is 13.9. The summed E-state index contributed by atoms with van der Waals surface area (Å²) in [4.78, 5) is 85.1. The Morgan fingerprint density at radius 3 is 2.22 bits per heavy atom. The lowest BCUT2D eigenvalue weighted by Gasteiger charge is -2.33. The van der Waals surface area contributed by atoms with Gasteiger partial charge in [-0.05, 0) is 63.5 Å². The minimum absolute atomic E-state index is 0.0692. The number of carboxylic acid groups (broad SMARTS) is 1. The van der Waals surface area contributed by atoms with Crippen LogP contribution in [0.5, 0.6) is 0 Å². The summed E-state index contributed by atoms with van der Waals surface area (Å²) in [7, 11) is 0. The van der Waals surface area contributed by atoms with E-state index < -0.39 is 72.3 Å². The molecule has 0 aromatic heterocycles. The van der Waals surface area contributed by atoms with Crippen LogP contribution in [0.15, 0.2) is 35.3 Å². The normalized spacial score (nSPS) is 18.8. The SMILES string of the molecule is NCCCCC(N)C(=O)NC(CCCN=C(N)N)C(=O)N1CCCC1C(=O)N1CCCC1C(=O)NCC(=O)NC(Cc1ccccc1)C(=O)O. The highest BCUT2D eigenvalue weighted by molar-refractivity contribution is 5.96. The van der Waals surface area contributed by atoms with Crippen LogP contribution in [0.2, 0.25) is 0 Å². The average Bonchev–Trinajstić information content (AvgIpc) is 3.79. The molecule has 17 nitrogen and oxygen atoms in total. The second-order valence-electron chi connectivity index (χ2n) is 12.6. The number of hydrogen-bond donors (Lipinski definition) is 8. The number of nitrogens with two attached hydrogens (primary N) is 4. The fourth-order valence-electron chi connectivity index (χ4n) is 6.24. The Kier molecular flexibility index (Phi) is 15.9. The highest BCUT2D eigenvalue weighted by atomic mass is 16.4. The van der Waals surface area contributed by atoms with E-state index in [0.717, 1.165) is 5.56 Å². The van der Waals surface area contributed by atoms with Crippen LogP contribution in [0, 0.1) is 0 Å². The van der Waals surface area contributed by atoms with E-state index in [1.807, 2.05) is 0 Å². The third-order valence-corrected chi connectivity index (χ3v) is 8.86. The first kappa shape index (κ1) is 39.7. The summed E-state index contributed by atoms with van der Waals surface area (Å²) in [6, 6.07) is 4.12. The molecule has 1 aromatic rings. The minimum atomic E-state index is -1.21. The highest BCUT2D eigenvalue weighted by Gasteiger charge is 2.43. The van der Waals surface area contributed by atoms with Crippen molar-refractivity contribution in [1.29, 1.82) is 0 Å². The number of aliphatic imine (C=N–C) groups is 1. The molecule has 17 heteroatoms. The van der Waals surface area contributed by atoms with Gasteiger partial charge in [-0.15, -0.1) is 0 Å². The molecule has 50 heavy (non-hydrogen) atoms. The van der Waals surface area contributed by atoms with Crippen LogP contribution in [0.3, 0.4) is 0 Å². The van der Waals surface area contributed by atoms with Crippen LogP contribution in [-0.2, 0) is 35.2 Å². The molecule has 0 bridgehead atoms. The van der Waals surface area contributed by atoms with Gasteiger partial charge in [0.25, 0.3) is 0 Å². The molecule has 0 radical (unpaired) electrons. The molecule has 2 aliphatic heterocycles. The number of guanidine groups is 1. The molecule has 2 fully saturated rings. The van der Waals surface area contributed by atoms with Crippen molar-refractivity contribution >= 4 is 41.5 Å². The number of likely N-dealkylation sites (tertiary alicyclic amines) is 2. The van der Waals surface area contributed by atoms with Crippen molar-refractivity contribution in [3.63, 3.8) is 0 Å². The predicted molar refractivity (Wildman–Crippen MR) is 185 cm³/mol. The van der Waals surface area contributed by atoms with Crippen molar-refractivity contribution in [2.45, 2.75) is 94.4 Å². The van der Waals surface area contributed by atoms with E-state index in [1.54, 1.807) is 30.3 Å². The van der Waals surface area contributed by atoms with Crippen LogP contribution in [0.4, 0.5) is 0 Å². The van der Waals surface area contributed by atoms with Gasteiger partial charge in [0.1, 0.15) is 24.2 Å². The van der Waals surface area contributed by atoms with E-state index in [0.29, 0.717) is 57.9 Å². The largest absolute Gasteiger partial charge is 0.480 e. The summed E-state index contributed by atoms with van der Waals surface area (Å²) in [5.41, 5.74) is 23.2. The molecule has 3 rings (SSSR count). The van der Waals surface area contributed by atoms with Crippen molar-refractivity contribution in [2.24, 2.45) is 27.9 Å². The van der Waals surface area contributed by atoms with Crippen LogP contribution < -0.4 is 38.9 Å². The quantitative estimate of drug-likeness (QED) is 0.0439. The number of carbonyl (C=O) groups is 6. The molecule has 0 aliphatic carbocycles. The molecule has 0 spiro atoms. The zero-order chi connectivity index (χ0) is 36.6. The summed E-state index contributed by atoms with van der Waals surface area (Å²) in [5, 5.41) is 17.3. The molecule has 5 atom stereocenters. The third-order valence-electron chi connectivity index (χ3n) is 8.86. The maximum atomic E-state index is 13.9. The fourth-order valence-corrected chi connectivity index (χ4v) is 6.24. The van der Waals surface area contributed by atoms with Crippen LogP contribution >= 0.6 is 0 Å². The summed E-state index contributed by atoms with van der Waals surface area (Å²) >= 11 is 0. The smallest absolute Gasteiger partial charge is 0.326 e. The number of nitrogens with one attached hydrogen (secondary N) is 3. The molecule has 12 N–H and O–H groups in total. The van der Waals surface area contributed by atoms with Crippen LogP contribution in [0.25, 0.3) is 0 Å². The molecule has 2 aliphatic rings. The predicted octanol–water partition coefficient (Wildman–Crippen LogP) is -2.11. The van der Waals surface area contributed by atoms with Gasteiger partial charge in [0.15, 0.2) is 5.96 Å². The van der Waals surface area contributed by atoms with E-state index in [1.165, 1.54) is 9.80 Å². The number of amides is 5. The lowest BCUT2D eigenvalue weighted by atomic mass is 10.1. The van der Waals surface area contributed by atoms with Gasteiger partial charge in [-0.1, -0.05) is 36.8 Å².